The van der Waals surface area contributed by atoms with E-state index in [1.165, 1.54) is 21.3 Å². The highest BCUT2D eigenvalue weighted by Crippen LogP contribution is 2.38. The summed E-state index contributed by atoms with van der Waals surface area (Å²) in [5.74, 6) is 1.21. The van der Waals surface area contributed by atoms with Gasteiger partial charge in [0.2, 0.25) is 5.75 Å². The van der Waals surface area contributed by atoms with Crippen LogP contribution in [0.25, 0.3) is 0 Å². The van der Waals surface area contributed by atoms with Gasteiger partial charge in [-0.1, -0.05) is 0 Å². The Balaban J connectivity index is 2.14. The molecule has 1 aromatic carbocycles. The SMILES string of the molecule is COCC1(CNC(=O)c2cc(OC)c(OC)c(OC)c2)CCNCC1. The molecular weight excluding hydrogens is 324 g/mol. The molecule has 2 rings (SSSR count). The first-order chi connectivity index (χ1) is 12.1. The zero-order valence-electron chi connectivity index (χ0n) is 15.4. The van der Waals surface area contributed by atoms with Gasteiger partial charge in [0, 0.05) is 24.6 Å². The van der Waals surface area contributed by atoms with Gasteiger partial charge in [0.05, 0.1) is 27.9 Å². The number of benzene rings is 1. The molecule has 0 aliphatic carbocycles. The third kappa shape index (κ3) is 4.55. The van der Waals surface area contributed by atoms with Gasteiger partial charge in [-0.05, 0) is 38.1 Å². The summed E-state index contributed by atoms with van der Waals surface area (Å²) >= 11 is 0. The molecule has 140 valence electrons. The second kappa shape index (κ2) is 8.92. The van der Waals surface area contributed by atoms with E-state index in [9.17, 15) is 4.79 Å². The summed E-state index contributed by atoms with van der Waals surface area (Å²) < 4.78 is 21.3. The molecule has 1 amide bonds. The van der Waals surface area contributed by atoms with Crippen molar-refractivity contribution in [3.05, 3.63) is 17.7 Å². The van der Waals surface area contributed by atoms with E-state index in [0.29, 0.717) is 36.0 Å². The second-order valence-corrected chi connectivity index (χ2v) is 6.28. The minimum Gasteiger partial charge on any atom is -0.493 e. The maximum Gasteiger partial charge on any atom is 0.251 e. The molecule has 1 aliphatic heterocycles. The van der Waals surface area contributed by atoms with E-state index in [1.54, 1.807) is 19.2 Å². The van der Waals surface area contributed by atoms with Crippen molar-refractivity contribution in [1.82, 2.24) is 10.6 Å². The van der Waals surface area contributed by atoms with Crippen LogP contribution in [-0.2, 0) is 4.74 Å². The molecule has 1 fully saturated rings. The number of rotatable bonds is 8. The topological polar surface area (TPSA) is 78.1 Å². The Hall–Kier alpha value is -1.99. The molecular formula is C18H28N2O5. The molecule has 1 aromatic rings. The van der Waals surface area contributed by atoms with E-state index in [-0.39, 0.29) is 11.3 Å². The smallest absolute Gasteiger partial charge is 0.251 e. The van der Waals surface area contributed by atoms with Crippen LogP contribution in [-0.4, -0.2) is 60.6 Å². The van der Waals surface area contributed by atoms with Crippen LogP contribution < -0.4 is 24.8 Å². The average Bonchev–Trinajstić information content (AvgIpc) is 2.65. The van der Waals surface area contributed by atoms with Crippen LogP contribution in [0.15, 0.2) is 12.1 Å². The van der Waals surface area contributed by atoms with Gasteiger partial charge in [-0.2, -0.15) is 0 Å². The quantitative estimate of drug-likeness (QED) is 0.738. The summed E-state index contributed by atoms with van der Waals surface area (Å²) in [7, 11) is 6.29. The van der Waals surface area contributed by atoms with E-state index in [4.69, 9.17) is 18.9 Å². The van der Waals surface area contributed by atoms with Crippen molar-refractivity contribution in [2.24, 2.45) is 5.41 Å². The number of carbonyl (C=O) groups is 1. The predicted octanol–water partition coefficient (Wildman–Crippen LogP) is 1.46. The molecule has 2 N–H and O–H groups in total. The Morgan fingerprint density at radius 1 is 1.08 bits per heavy atom. The number of amides is 1. The molecule has 1 saturated heterocycles. The number of carbonyl (C=O) groups excluding carboxylic acids is 1. The van der Waals surface area contributed by atoms with Crippen LogP contribution in [0.2, 0.25) is 0 Å². The van der Waals surface area contributed by atoms with Crippen LogP contribution in [0, 0.1) is 5.41 Å². The number of ether oxygens (including phenoxy) is 4. The van der Waals surface area contributed by atoms with Crippen LogP contribution in [0.3, 0.4) is 0 Å². The first kappa shape index (κ1) is 19.3. The van der Waals surface area contributed by atoms with Crippen LogP contribution in [0.1, 0.15) is 23.2 Å². The molecule has 0 aromatic heterocycles. The minimum atomic E-state index is -0.173. The standard InChI is InChI=1S/C18H28N2O5/c1-22-12-18(5-7-19-8-6-18)11-20-17(21)13-9-14(23-2)16(25-4)15(10-13)24-3/h9-10,19H,5-8,11-12H2,1-4H3,(H,20,21). The Bertz CT molecular complexity index is 554. The average molecular weight is 352 g/mol. The first-order valence-electron chi connectivity index (χ1n) is 8.37. The lowest BCUT2D eigenvalue weighted by atomic mass is 9.79. The summed E-state index contributed by atoms with van der Waals surface area (Å²) in [4.78, 5) is 12.7. The second-order valence-electron chi connectivity index (χ2n) is 6.28. The van der Waals surface area contributed by atoms with Gasteiger partial charge >= 0.3 is 0 Å². The Labute approximate surface area is 149 Å². The third-order valence-electron chi connectivity index (χ3n) is 4.67. The molecule has 0 spiro atoms. The number of nitrogens with one attached hydrogen (secondary N) is 2. The molecule has 0 radical (unpaired) electrons. The van der Waals surface area contributed by atoms with Gasteiger partial charge < -0.3 is 29.6 Å². The molecule has 1 heterocycles. The zero-order valence-corrected chi connectivity index (χ0v) is 15.4. The molecule has 0 saturated carbocycles. The van der Waals surface area contributed by atoms with E-state index in [0.717, 1.165) is 25.9 Å². The molecule has 25 heavy (non-hydrogen) atoms. The Morgan fingerprint density at radius 2 is 1.68 bits per heavy atom. The van der Waals surface area contributed by atoms with Gasteiger partial charge in [0.25, 0.3) is 5.91 Å². The van der Waals surface area contributed by atoms with Gasteiger partial charge in [-0.3, -0.25) is 4.79 Å². The summed E-state index contributed by atoms with van der Waals surface area (Å²) in [6, 6.07) is 3.31. The highest BCUT2D eigenvalue weighted by molar-refractivity contribution is 5.95. The Morgan fingerprint density at radius 3 is 2.16 bits per heavy atom. The molecule has 7 nitrogen and oxygen atoms in total. The number of hydrogen-bond donors (Lipinski definition) is 2. The fraction of sp³-hybridized carbons (Fsp3) is 0.611. The third-order valence-corrected chi connectivity index (χ3v) is 4.67. The van der Waals surface area contributed by atoms with Crippen molar-refractivity contribution in [3.63, 3.8) is 0 Å². The van der Waals surface area contributed by atoms with Crippen molar-refractivity contribution in [2.75, 3.05) is 54.7 Å². The largest absolute Gasteiger partial charge is 0.493 e. The number of hydrogen-bond acceptors (Lipinski definition) is 6. The van der Waals surface area contributed by atoms with E-state index >= 15 is 0 Å². The van der Waals surface area contributed by atoms with Crippen molar-refractivity contribution in [2.45, 2.75) is 12.8 Å². The normalized spacial score (nSPS) is 16.2. The van der Waals surface area contributed by atoms with E-state index in [2.05, 4.69) is 10.6 Å². The summed E-state index contributed by atoms with van der Waals surface area (Å²) in [6.07, 6.45) is 1.94. The fourth-order valence-corrected chi connectivity index (χ4v) is 3.22. The molecule has 0 bridgehead atoms. The lowest BCUT2D eigenvalue weighted by Crippen LogP contribution is -2.47. The monoisotopic (exact) mass is 352 g/mol. The van der Waals surface area contributed by atoms with Gasteiger partial charge in [0.15, 0.2) is 11.5 Å². The van der Waals surface area contributed by atoms with E-state index < -0.39 is 0 Å². The summed E-state index contributed by atoms with van der Waals surface area (Å²) in [6.45, 7) is 3.06. The molecule has 1 aliphatic rings. The van der Waals surface area contributed by atoms with Crippen LogP contribution in [0.4, 0.5) is 0 Å². The van der Waals surface area contributed by atoms with Crippen molar-refractivity contribution in [1.29, 1.82) is 0 Å². The fourth-order valence-electron chi connectivity index (χ4n) is 3.22. The first-order valence-corrected chi connectivity index (χ1v) is 8.37. The van der Waals surface area contributed by atoms with E-state index in [1.807, 2.05) is 0 Å². The number of piperidine rings is 1. The minimum absolute atomic E-state index is 0.0314. The number of methoxy groups -OCH3 is 4. The maximum absolute atomic E-state index is 12.7. The highest BCUT2D eigenvalue weighted by Gasteiger charge is 2.32. The highest BCUT2D eigenvalue weighted by atomic mass is 16.5. The lowest BCUT2D eigenvalue weighted by Gasteiger charge is -2.37. The van der Waals surface area contributed by atoms with Crippen LogP contribution in [0.5, 0.6) is 17.2 Å². The lowest BCUT2D eigenvalue weighted by molar-refractivity contribution is 0.0511. The van der Waals surface area contributed by atoms with Crippen molar-refractivity contribution in [3.8, 4) is 17.2 Å². The van der Waals surface area contributed by atoms with Gasteiger partial charge in [-0.25, -0.2) is 0 Å². The summed E-state index contributed by atoms with van der Waals surface area (Å²) in [5.41, 5.74) is 0.437. The van der Waals surface area contributed by atoms with Gasteiger partial charge in [-0.15, -0.1) is 0 Å². The maximum atomic E-state index is 12.7. The van der Waals surface area contributed by atoms with Crippen molar-refractivity contribution < 1.29 is 23.7 Å². The van der Waals surface area contributed by atoms with Gasteiger partial charge in [0.1, 0.15) is 0 Å². The summed E-state index contributed by atoms with van der Waals surface area (Å²) in [5, 5.41) is 6.38. The Kier molecular flexibility index (Phi) is 6.90. The van der Waals surface area contributed by atoms with Crippen LogP contribution >= 0.6 is 0 Å². The molecule has 0 unspecified atom stereocenters. The predicted molar refractivity (Wildman–Crippen MR) is 94.8 cm³/mol. The van der Waals surface area contributed by atoms with Crippen molar-refractivity contribution >= 4 is 5.91 Å². The zero-order chi connectivity index (χ0) is 18.3. The molecule has 7 heteroatoms. The molecule has 0 atom stereocenters.